The number of para-hydroxylation sites is 1. The fourth-order valence-corrected chi connectivity index (χ4v) is 5.89. The molecule has 1 amide bonds. The van der Waals surface area contributed by atoms with Crippen LogP contribution >= 0.6 is 0 Å². The van der Waals surface area contributed by atoms with Crippen molar-refractivity contribution < 1.29 is 9.21 Å². The van der Waals surface area contributed by atoms with Crippen LogP contribution < -0.4 is 16.2 Å². The third-order valence-electron chi connectivity index (χ3n) is 7.98. The third kappa shape index (κ3) is 4.95. The largest absolute Gasteiger partial charge is 0.456 e. The molecule has 0 radical (unpaired) electrons. The Kier molecular flexibility index (Phi) is 6.47. The zero-order chi connectivity index (χ0) is 27.8. The Labute approximate surface area is 235 Å². The number of amides is 1. The SMILES string of the molecule is O=C(Cn1c(C2CCCC2)ncc(NCc2ccc3oc4ccccc4c3c2)c1=O)NCc1cc2cnccc2[nH]1. The number of fused-ring (bicyclic) bond motifs is 4. The minimum Gasteiger partial charge on any atom is -0.456 e. The Morgan fingerprint density at radius 3 is 2.73 bits per heavy atom. The summed E-state index contributed by atoms with van der Waals surface area (Å²) in [4.78, 5) is 38.9. The number of nitrogens with zero attached hydrogens (tertiary/aromatic N) is 3. The molecule has 1 aliphatic carbocycles. The zero-order valence-corrected chi connectivity index (χ0v) is 22.5. The highest BCUT2D eigenvalue weighted by atomic mass is 16.3. The van der Waals surface area contributed by atoms with Crippen molar-refractivity contribution in [2.45, 2.75) is 51.2 Å². The van der Waals surface area contributed by atoms with Crippen LogP contribution in [0.3, 0.4) is 0 Å². The van der Waals surface area contributed by atoms with Crippen molar-refractivity contribution in [1.29, 1.82) is 0 Å². The number of furan rings is 1. The number of benzene rings is 2. The average Bonchev–Trinajstić information content (AvgIpc) is 3.75. The second-order valence-electron chi connectivity index (χ2n) is 10.7. The number of anilines is 1. The number of rotatable bonds is 8. The van der Waals surface area contributed by atoms with Crippen LogP contribution in [0.15, 0.2) is 82.4 Å². The lowest BCUT2D eigenvalue weighted by Crippen LogP contribution is -2.35. The van der Waals surface area contributed by atoms with E-state index in [-0.39, 0.29) is 23.9 Å². The monoisotopic (exact) mass is 546 g/mol. The smallest absolute Gasteiger partial charge is 0.277 e. The molecule has 0 unspecified atom stereocenters. The molecule has 0 bridgehead atoms. The first-order valence-corrected chi connectivity index (χ1v) is 14.0. The summed E-state index contributed by atoms with van der Waals surface area (Å²) in [5, 5.41) is 9.30. The number of nitrogens with one attached hydrogen (secondary N) is 3. The van der Waals surface area contributed by atoms with Gasteiger partial charge in [0.2, 0.25) is 5.91 Å². The third-order valence-corrected chi connectivity index (χ3v) is 7.98. The van der Waals surface area contributed by atoms with E-state index in [4.69, 9.17) is 9.40 Å². The van der Waals surface area contributed by atoms with Gasteiger partial charge in [0.15, 0.2) is 0 Å². The van der Waals surface area contributed by atoms with Crippen LogP contribution in [0.1, 0.15) is 48.7 Å². The van der Waals surface area contributed by atoms with Gasteiger partial charge in [-0.05, 0) is 48.7 Å². The van der Waals surface area contributed by atoms with E-state index in [9.17, 15) is 9.59 Å². The highest BCUT2D eigenvalue weighted by Gasteiger charge is 2.24. The van der Waals surface area contributed by atoms with Crippen molar-refractivity contribution in [3.8, 4) is 0 Å². The van der Waals surface area contributed by atoms with Crippen molar-refractivity contribution >= 4 is 44.4 Å². The summed E-state index contributed by atoms with van der Waals surface area (Å²) >= 11 is 0. The molecule has 0 saturated heterocycles. The molecule has 0 aliphatic heterocycles. The van der Waals surface area contributed by atoms with E-state index >= 15 is 0 Å². The van der Waals surface area contributed by atoms with Crippen LogP contribution in [-0.2, 0) is 24.4 Å². The predicted octanol–water partition coefficient (Wildman–Crippen LogP) is 5.61. The number of H-pyrrole nitrogens is 1. The number of hydrogen-bond donors (Lipinski definition) is 3. The highest BCUT2D eigenvalue weighted by Crippen LogP contribution is 2.33. The zero-order valence-electron chi connectivity index (χ0n) is 22.5. The van der Waals surface area contributed by atoms with Gasteiger partial charge in [-0.3, -0.25) is 19.1 Å². The van der Waals surface area contributed by atoms with Crippen LogP contribution in [0.4, 0.5) is 5.69 Å². The summed E-state index contributed by atoms with van der Waals surface area (Å²) in [6, 6.07) is 17.9. The molecular weight excluding hydrogens is 516 g/mol. The first-order valence-electron chi connectivity index (χ1n) is 14.0. The molecule has 1 aliphatic rings. The highest BCUT2D eigenvalue weighted by molar-refractivity contribution is 6.05. The second kappa shape index (κ2) is 10.6. The summed E-state index contributed by atoms with van der Waals surface area (Å²) in [7, 11) is 0. The number of carbonyl (C=O) groups is 1. The standard InChI is InChI=1S/C32H30N6O3/c39-30(35-17-23-14-22-16-33-12-11-26(22)37-23)19-38-31(21-5-1-2-6-21)36-18-27(32(38)40)34-15-20-9-10-29-25(13-20)24-7-3-4-8-28(24)41-29/h3-4,7-14,16,18,21,34,37H,1-2,5-6,15,17,19H2,(H,35,39). The van der Waals surface area contributed by atoms with E-state index in [0.29, 0.717) is 24.6 Å². The van der Waals surface area contributed by atoms with Gasteiger partial charge in [-0.15, -0.1) is 0 Å². The minimum atomic E-state index is -0.237. The summed E-state index contributed by atoms with van der Waals surface area (Å²) in [5.41, 5.74) is 4.68. The van der Waals surface area contributed by atoms with Crippen LogP contribution in [0, 0.1) is 0 Å². The average molecular weight is 547 g/mol. The lowest BCUT2D eigenvalue weighted by molar-refractivity contribution is -0.121. The first-order chi connectivity index (χ1) is 20.1. The van der Waals surface area contributed by atoms with Gasteiger partial charge in [0.05, 0.1) is 12.7 Å². The summed E-state index contributed by atoms with van der Waals surface area (Å²) in [6.45, 7) is 0.691. The second-order valence-corrected chi connectivity index (χ2v) is 10.7. The Balaban J connectivity index is 1.11. The topological polar surface area (TPSA) is 118 Å². The molecule has 0 atom stereocenters. The Morgan fingerprint density at radius 2 is 1.85 bits per heavy atom. The molecule has 4 heterocycles. The predicted molar refractivity (Wildman–Crippen MR) is 159 cm³/mol. The number of pyridine rings is 1. The maximum atomic E-state index is 13.7. The molecule has 2 aromatic carbocycles. The lowest BCUT2D eigenvalue weighted by atomic mass is 10.1. The van der Waals surface area contributed by atoms with Crippen molar-refractivity contribution in [3.05, 3.63) is 101 Å². The first kappa shape index (κ1) is 25.1. The van der Waals surface area contributed by atoms with Gasteiger partial charge in [-0.25, -0.2) is 4.98 Å². The van der Waals surface area contributed by atoms with E-state index < -0.39 is 0 Å². The molecule has 6 aromatic rings. The van der Waals surface area contributed by atoms with Gasteiger partial charge >= 0.3 is 0 Å². The molecule has 7 rings (SSSR count). The fourth-order valence-electron chi connectivity index (χ4n) is 5.89. The van der Waals surface area contributed by atoms with E-state index in [1.807, 2.05) is 48.5 Å². The van der Waals surface area contributed by atoms with Gasteiger partial charge in [0, 0.05) is 52.2 Å². The normalized spacial score (nSPS) is 13.9. The summed E-state index contributed by atoms with van der Waals surface area (Å²) in [6.07, 6.45) is 9.29. The minimum absolute atomic E-state index is 0.0814. The van der Waals surface area contributed by atoms with E-state index in [2.05, 4.69) is 26.7 Å². The van der Waals surface area contributed by atoms with Gasteiger partial charge in [-0.2, -0.15) is 0 Å². The molecule has 41 heavy (non-hydrogen) atoms. The van der Waals surface area contributed by atoms with Crippen LogP contribution in [0.5, 0.6) is 0 Å². The number of hydrogen-bond acceptors (Lipinski definition) is 6. The van der Waals surface area contributed by atoms with E-state index in [0.717, 1.165) is 69.8 Å². The van der Waals surface area contributed by atoms with Gasteiger partial charge in [-0.1, -0.05) is 37.1 Å². The van der Waals surface area contributed by atoms with Crippen molar-refractivity contribution in [2.75, 3.05) is 5.32 Å². The van der Waals surface area contributed by atoms with Crippen molar-refractivity contribution in [3.63, 3.8) is 0 Å². The number of carbonyl (C=O) groups excluding carboxylic acids is 1. The Hall–Kier alpha value is -4.92. The molecule has 4 aromatic heterocycles. The summed E-state index contributed by atoms with van der Waals surface area (Å²) < 4.78 is 7.49. The Bertz CT molecular complexity index is 1910. The van der Waals surface area contributed by atoms with Gasteiger partial charge in [0.1, 0.15) is 29.2 Å². The molecular formula is C32H30N6O3. The van der Waals surface area contributed by atoms with Gasteiger partial charge in [0.25, 0.3) is 5.56 Å². The molecule has 1 fully saturated rings. The molecule has 3 N–H and O–H groups in total. The maximum Gasteiger partial charge on any atom is 0.277 e. The summed E-state index contributed by atoms with van der Waals surface area (Å²) in [5.74, 6) is 0.637. The van der Waals surface area contributed by atoms with E-state index in [1.54, 1.807) is 23.2 Å². The molecule has 9 heteroatoms. The quantitative estimate of drug-likeness (QED) is 0.229. The molecule has 9 nitrogen and oxygen atoms in total. The number of aromatic amines is 1. The van der Waals surface area contributed by atoms with Crippen LogP contribution in [0.2, 0.25) is 0 Å². The molecule has 0 spiro atoms. The molecule has 206 valence electrons. The van der Waals surface area contributed by atoms with Crippen molar-refractivity contribution in [1.82, 2.24) is 24.8 Å². The van der Waals surface area contributed by atoms with Crippen molar-refractivity contribution in [2.24, 2.45) is 0 Å². The number of aromatic nitrogens is 4. The van der Waals surface area contributed by atoms with Crippen LogP contribution in [0.25, 0.3) is 32.8 Å². The van der Waals surface area contributed by atoms with Gasteiger partial charge < -0.3 is 20.0 Å². The molecule has 1 saturated carbocycles. The van der Waals surface area contributed by atoms with Crippen LogP contribution in [-0.4, -0.2) is 25.4 Å². The fraction of sp³-hybridized carbons (Fsp3) is 0.250. The maximum absolute atomic E-state index is 13.7. The Morgan fingerprint density at radius 1 is 1.00 bits per heavy atom. The lowest BCUT2D eigenvalue weighted by Gasteiger charge is -2.18. The van der Waals surface area contributed by atoms with E-state index in [1.165, 1.54) is 0 Å².